The quantitative estimate of drug-likeness (QED) is 0.475. The minimum absolute atomic E-state index is 0.00559. The summed E-state index contributed by atoms with van der Waals surface area (Å²) < 4.78 is 20.6. The molecule has 2 aliphatic rings. The Labute approximate surface area is 195 Å². The first-order valence-corrected chi connectivity index (χ1v) is 11.3. The van der Waals surface area contributed by atoms with Crippen molar-refractivity contribution >= 4 is 22.6 Å². The Balaban J connectivity index is 1.15. The number of hydrogen-bond donors (Lipinski definition) is 3. The number of β-amino-alcohol motifs (C(OH)–C–C–N with tert-alkyl or cyclic N) is 1. The second-order valence-electron chi connectivity index (χ2n) is 8.73. The topological polar surface area (TPSA) is 109 Å². The molecule has 0 aliphatic carbocycles. The zero-order valence-corrected chi connectivity index (χ0v) is 18.5. The maximum absolute atomic E-state index is 13.7. The number of halogens is 1. The number of nitrogens with one attached hydrogen (secondary N) is 2. The fourth-order valence-electron chi connectivity index (χ4n) is 4.55. The van der Waals surface area contributed by atoms with E-state index in [0.717, 1.165) is 11.1 Å². The van der Waals surface area contributed by atoms with Gasteiger partial charge in [-0.3, -0.25) is 14.5 Å². The second-order valence-corrected chi connectivity index (χ2v) is 8.73. The van der Waals surface area contributed by atoms with Gasteiger partial charge in [-0.2, -0.15) is 0 Å². The van der Waals surface area contributed by atoms with Crippen molar-refractivity contribution in [3.05, 3.63) is 64.3 Å². The van der Waals surface area contributed by atoms with E-state index in [1.165, 1.54) is 18.2 Å². The molecule has 9 nitrogen and oxygen atoms in total. The number of fused-ring (bicyclic) bond motifs is 2. The van der Waals surface area contributed by atoms with E-state index in [-0.39, 0.29) is 29.8 Å². The molecule has 2 unspecified atom stereocenters. The molecule has 5 rings (SSSR count). The number of likely N-dealkylation sites (tertiary alicyclic amines) is 1. The number of aliphatic hydroxyl groups excluding tert-OH is 1. The van der Waals surface area contributed by atoms with E-state index in [4.69, 9.17) is 4.74 Å². The number of amides is 1. The lowest BCUT2D eigenvalue weighted by atomic mass is 10.1. The van der Waals surface area contributed by atoms with Gasteiger partial charge in [-0.1, -0.05) is 0 Å². The summed E-state index contributed by atoms with van der Waals surface area (Å²) in [5.74, 6) is 0.403. The Hall–Kier alpha value is -3.34. The number of ether oxygens (including phenoxy) is 1. The normalized spacial score (nSPS) is 20.2. The Morgan fingerprint density at radius 2 is 2.00 bits per heavy atom. The first-order valence-electron chi connectivity index (χ1n) is 11.3. The van der Waals surface area contributed by atoms with E-state index < -0.39 is 6.10 Å². The van der Waals surface area contributed by atoms with Crippen LogP contribution in [0.15, 0.2) is 47.3 Å². The number of anilines is 1. The van der Waals surface area contributed by atoms with Crippen LogP contribution < -0.4 is 20.9 Å². The predicted octanol–water partition coefficient (Wildman–Crippen LogP) is 0.949. The summed E-state index contributed by atoms with van der Waals surface area (Å²) in [5.41, 5.74) is 1.16. The Bertz CT molecular complexity index is 1280. The van der Waals surface area contributed by atoms with Crippen molar-refractivity contribution in [1.82, 2.24) is 19.8 Å². The molecule has 2 aromatic heterocycles. The van der Waals surface area contributed by atoms with Crippen LogP contribution in [-0.4, -0.2) is 64.4 Å². The van der Waals surface area contributed by atoms with Gasteiger partial charge < -0.3 is 25.0 Å². The number of pyridine rings is 2. The third kappa shape index (κ3) is 4.79. The third-order valence-electron chi connectivity index (χ3n) is 6.32. The number of hydrogen-bond acceptors (Lipinski definition) is 7. The molecule has 2 aliphatic heterocycles. The van der Waals surface area contributed by atoms with Crippen LogP contribution in [0.3, 0.4) is 0 Å². The van der Waals surface area contributed by atoms with Crippen molar-refractivity contribution in [3.8, 4) is 5.75 Å². The van der Waals surface area contributed by atoms with E-state index in [1.54, 1.807) is 22.8 Å². The summed E-state index contributed by atoms with van der Waals surface area (Å²) in [6, 6.07) is 11.3. The van der Waals surface area contributed by atoms with Crippen molar-refractivity contribution in [1.29, 1.82) is 0 Å². The van der Waals surface area contributed by atoms with Crippen LogP contribution in [0.25, 0.3) is 10.9 Å². The monoisotopic (exact) mass is 467 g/mol. The molecule has 34 heavy (non-hydrogen) atoms. The number of rotatable bonds is 7. The Morgan fingerprint density at radius 3 is 2.88 bits per heavy atom. The molecule has 178 valence electrons. The van der Waals surface area contributed by atoms with Gasteiger partial charge in [-0.25, -0.2) is 9.37 Å². The highest BCUT2D eigenvalue weighted by Gasteiger charge is 2.30. The van der Waals surface area contributed by atoms with Crippen molar-refractivity contribution in [3.63, 3.8) is 0 Å². The summed E-state index contributed by atoms with van der Waals surface area (Å²) in [6.45, 7) is 3.27. The van der Waals surface area contributed by atoms with Crippen LogP contribution in [0.2, 0.25) is 0 Å². The average Bonchev–Trinajstić information content (AvgIpc) is 3.17. The molecule has 0 spiro atoms. The van der Waals surface area contributed by atoms with E-state index in [9.17, 15) is 19.1 Å². The molecule has 1 fully saturated rings. The zero-order chi connectivity index (χ0) is 23.7. The molecule has 0 radical (unpaired) electrons. The highest BCUT2D eigenvalue weighted by Crippen LogP contribution is 2.25. The summed E-state index contributed by atoms with van der Waals surface area (Å²) in [5, 5.41) is 17.4. The summed E-state index contributed by atoms with van der Waals surface area (Å²) in [6.07, 6.45) is -0.488. The van der Waals surface area contributed by atoms with Crippen LogP contribution in [0, 0.1) is 11.7 Å². The van der Waals surface area contributed by atoms with Gasteiger partial charge in [0.2, 0.25) is 0 Å². The molecular weight excluding hydrogens is 441 g/mol. The van der Waals surface area contributed by atoms with Crippen molar-refractivity contribution in [2.75, 3.05) is 38.1 Å². The van der Waals surface area contributed by atoms with Gasteiger partial charge in [0.05, 0.1) is 17.3 Å². The fraction of sp³-hybridized carbons (Fsp3) is 0.375. The molecule has 4 heterocycles. The molecule has 10 heteroatoms. The molecular formula is C24H26FN5O4. The van der Waals surface area contributed by atoms with Crippen LogP contribution >= 0.6 is 0 Å². The van der Waals surface area contributed by atoms with Gasteiger partial charge in [0.15, 0.2) is 18.2 Å². The zero-order valence-electron chi connectivity index (χ0n) is 18.5. The maximum Gasteiger partial charge on any atom is 0.263 e. The highest BCUT2D eigenvalue weighted by molar-refractivity contribution is 5.94. The van der Waals surface area contributed by atoms with Gasteiger partial charge in [-0.05, 0) is 41.8 Å². The predicted molar refractivity (Wildman–Crippen MR) is 124 cm³/mol. The van der Waals surface area contributed by atoms with Gasteiger partial charge in [0, 0.05) is 51.3 Å². The fourth-order valence-corrected chi connectivity index (χ4v) is 4.55. The highest BCUT2D eigenvalue weighted by atomic mass is 19.1. The van der Waals surface area contributed by atoms with Crippen molar-refractivity contribution in [2.24, 2.45) is 5.92 Å². The van der Waals surface area contributed by atoms with E-state index in [1.807, 2.05) is 6.07 Å². The van der Waals surface area contributed by atoms with Gasteiger partial charge >= 0.3 is 0 Å². The number of carbonyl (C=O) groups excluding carboxylic acids is 1. The van der Waals surface area contributed by atoms with Crippen LogP contribution in [0.5, 0.6) is 5.75 Å². The van der Waals surface area contributed by atoms with Crippen LogP contribution in [0.4, 0.5) is 10.2 Å². The smallest absolute Gasteiger partial charge is 0.263 e. The number of aliphatic hydroxyl groups is 1. The number of carbonyl (C=O) groups is 1. The third-order valence-corrected chi connectivity index (χ3v) is 6.32. The first kappa shape index (κ1) is 22.5. The largest absolute Gasteiger partial charge is 0.480 e. The van der Waals surface area contributed by atoms with E-state index >= 15 is 0 Å². The standard InChI is InChI=1S/C24H26FN5O4/c25-17-3-1-15-2-6-23(33)30(19(15)9-17)8-7-29-12-16(20(31)13-29)10-26-11-18-4-5-21-24(27-18)28-22(32)14-34-21/h1-6,9,16,20,26,31H,7-8,10-14H2,(H,27,28,32). The number of benzene rings is 1. The van der Waals surface area contributed by atoms with E-state index in [0.29, 0.717) is 56.4 Å². The Kier molecular flexibility index (Phi) is 6.27. The van der Waals surface area contributed by atoms with Crippen molar-refractivity contribution in [2.45, 2.75) is 19.2 Å². The Morgan fingerprint density at radius 1 is 1.15 bits per heavy atom. The second kappa shape index (κ2) is 9.49. The van der Waals surface area contributed by atoms with E-state index in [2.05, 4.69) is 20.5 Å². The first-order chi connectivity index (χ1) is 16.5. The molecule has 1 amide bonds. The summed E-state index contributed by atoms with van der Waals surface area (Å²) >= 11 is 0. The molecule has 1 saturated heterocycles. The molecule has 1 aromatic carbocycles. The molecule has 3 N–H and O–H groups in total. The van der Waals surface area contributed by atoms with Crippen molar-refractivity contribution < 1.29 is 19.0 Å². The molecule has 3 aromatic rings. The van der Waals surface area contributed by atoms with Gasteiger partial charge in [0.25, 0.3) is 11.5 Å². The average molecular weight is 468 g/mol. The van der Waals surface area contributed by atoms with Crippen LogP contribution in [-0.2, 0) is 17.9 Å². The minimum Gasteiger partial charge on any atom is -0.480 e. The number of nitrogens with zero attached hydrogens (tertiary/aromatic N) is 3. The van der Waals surface area contributed by atoms with Gasteiger partial charge in [-0.15, -0.1) is 0 Å². The lowest BCUT2D eigenvalue weighted by molar-refractivity contribution is -0.118. The molecule has 0 saturated carbocycles. The number of aromatic nitrogens is 2. The van der Waals surface area contributed by atoms with Crippen LogP contribution in [0.1, 0.15) is 5.69 Å². The molecule has 0 bridgehead atoms. The lowest BCUT2D eigenvalue weighted by Crippen LogP contribution is -2.31. The van der Waals surface area contributed by atoms with Gasteiger partial charge in [0.1, 0.15) is 5.82 Å². The molecule has 2 atom stereocenters. The summed E-state index contributed by atoms with van der Waals surface area (Å²) in [4.78, 5) is 30.4. The lowest BCUT2D eigenvalue weighted by Gasteiger charge is -2.18. The summed E-state index contributed by atoms with van der Waals surface area (Å²) in [7, 11) is 0. The maximum atomic E-state index is 13.7. The SMILES string of the molecule is O=C1COc2ccc(CNCC3CN(CCn4c(=O)ccc5ccc(F)cc54)CC3O)nc2N1. The minimum atomic E-state index is -0.488.